The molecular formula is C17H14N4O3. The van der Waals surface area contributed by atoms with Crippen molar-refractivity contribution in [3.05, 3.63) is 59.3 Å². The van der Waals surface area contributed by atoms with Gasteiger partial charge in [-0.2, -0.15) is 0 Å². The van der Waals surface area contributed by atoms with E-state index in [4.69, 9.17) is 10.6 Å². The van der Waals surface area contributed by atoms with Crippen LogP contribution in [0.1, 0.15) is 26.3 Å². The molecule has 120 valence electrons. The van der Waals surface area contributed by atoms with Crippen LogP contribution < -0.4 is 21.3 Å². The molecule has 0 aliphatic carbocycles. The van der Waals surface area contributed by atoms with Crippen LogP contribution in [0, 0.1) is 0 Å². The third-order valence-corrected chi connectivity index (χ3v) is 4.01. The molecule has 1 aliphatic rings. The lowest BCUT2D eigenvalue weighted by Gasteiger charge is -2.17. The van der Waals surface area contributed by atoms with Gasteiger partial charge in [-0.3, -0.25) is 15.0 Å². The van der Waals surface area contributed by atoms with Crippen LogP contribution >= 0.6 is 0 Å². The summed E-state index contributed by atoms with van der Waals surface area (Å²) in [4.78, 5) is 27.1. The molecule has 7 heteroatoms. The number of nitrogen functional groups attached to an aromatic ring is 1. The van der Waals surface area contributed by atoms with Crippen molar-refractivity contribution < 1.29 is 14.3 Å². The van der Waals surface area contributed by atoms with E-state index in [1.54, 1.807) is 30.3 Å². The first-order chi connectivity index (χ1) is 11.7. The van der Waals surface area contributed by atoms with Crippen LogP contribution in [-0.4, -0.2) is 16.8 Å². The Hall–Kier alpha value is -3.32. The predicted octanol–water partition coefficient (Wildman–Crippen LogP) is 1.81. The number of hydrogen-bond donors (Lipinski definition) is 4. The third-order valence-electron chi connectivity index (χ3n) is 4.01. The molecule has 1 aliphatic heterocycles. The van der Waals surface area contributed by atoms with Crippen LogP contribution in [0.2, 0.25) is 0 Å². The molecule has 0 atom stereocenters. The lowest BCUT2D eigenvalue weighted by molar-refractivity contribution is 0.0940. The Bertz CT molecular complexity index is 977. The van der Waals surface area contributed by atoms with Crippen molar-refractivity contribution in [3.63, 3.8) is 0 Å². The summed E-state index contributed by atoms with van der Waals surface area (Å²) in [5, 5.41) is 3.70. The van der Waals surface area contributed by atoms with Crippen molar-refractivity contribution in [1.82, 2.24) is 15.7 Å². The molecular weight excluding hydrogens is 308 g/mol. The maximum absolute atomic E-state index is 12.3. The molecule has 5 N–H and O–H groups in total. The number of benzene rings is 2. The number of ether oxygens (including phenoxy) is 1. The summed E-state index contributed by atoms with van der Waals surface area (Å²) in [7, 11) is 0. The lowest BCUT2D eigenvalue weighted by Crippen LogP contribution is -2.29. The number of nitrogens with two attached hydrogens (primary N) is 1. The van der Waals surface area contributed by atoms with Crippen LogP contribution in [0.4, 0.5) is 0 Å². The molecule has 0 saturated heterocycles. The maximum Gasteiger partial charge on any atom is 0.265 e. The topological polar surface area (TPSA) is 109 Å². The second-order valence-electron chi connectivity index (χ2n) is 5.46. The van der Waals surface area contributed by atoms with E-state index in [1.165, 1.54) is 0 Å². The molecule has 0 unspecified atom stereocenters. The fourth-order valence-corrected chi connectivity index (χ4v) is 2.90. The van der Waals surface area contributed by atoms with Gasteiger partial charge in [0, 0.05) is 29.2 Å². The van der Waals surface area contributed by atoms with Gasteiger partial charge in [0.05, 0.1) is 5.56 Å². The SMILES string of the molecule is NNC(=O)c1cccc(Oc2ccc3[nH]cc4c3c2C(=O)NC4)c1. The minimum atomic E-state index is -0.414. The van der Waals surface area contributed by atoms with Crippen LogP contribution in [0.15, 0.2) is 42.6 Å². The molecule has 7 nitrogen and oxygen atoms in total. The first kappa shape index (κ1) is 14.3. The van der Waals surface area contributed by atoms with Gasteiger partial charge >= 0.3 is 0 Å². The Labute approximate surface area is 136 Å². The Morgan fingerprint density at radius 3 is 2.96 bits per heavy atom. The van der Waals surface area contributed by atoms with Gasteiger partial charge in [0.2, 0.25) is 0 Å². The molecule has 0 bridgehead atoms. The van der Waals surface area contributed by atoms with E-state index in [9.17, 15) is 9.59 Å². The molecule has 0 fully saturated rings. The number of hydrogen-bond acceptors (Lipinski definition) is 4. The first-order valence-electron chi connectivity index (χ1n) is 7.37. The van der Waals surface area contributed by atoms with Gasteiger partial charge in [0.15, 0.2) is 0 Å². The molecule has 1 aromatic heterocycles. The molecule has 3 aromatic rings. The Kier molecular flexibility index (Phi) is 3.21. The van der Waals surface area contributed by atoms with Gasteiger partial charge in [-0.15, -0.1) is 0 Å². The minimum Gasteiger partial charge on any atom is -0.456 e. The average molecular weight is 322 g/mol. The summed E-state index contributed by atoms with van der Waals surface area (Å²) in [5.74, 6) is 5.43. The molecule has 2 amide bonds. The van der Waals surface area contributed by atoms with Crippen molar-refractivity contribution in [2.24, 2.45) is 5.84 Å². The van der Waals surface area contributed by atoms with Crippen LogP contribution in [0.3, 0.4) is 0 Å². The average Bonchev–Trinajstić information content (AvgIpc) is 3.03. The van der Waals surface area contributed by atoms with Crippen LogP contribution in [0.25, 0.3) is 10.9 Å². The van der Waals surface area contributed by atoms with Gasteiger partial charge in [-0.1, -0.05) is 6.07 Å². The van der Waals surface area contributed by atoms with E-state index in [2.05, 4.69) is 15.7 Å². The van der Waals surface area contributed by atoms with Gasteiger partial charge in [0.25, 0.3) is 11.8 Å². The van der Waals surface area contributed by atoms with Crippen molar-refractivity contribution in [2.75, 3.05) is 0 Å². The number of carbonyl (C=O) groups excluding carboxylic acids is 2. The summed E-state index contributed by atoms with van der Waals surface area (Å²) >= 11 is 0. The lowest BCUT2D eigenvalue weighted by atomic mass is 10.0. The third kappa shape index (κ3) is 2.19. The Morgan fingerprint density at radius 2 is 2.12 bits per heavy atom. The quantitative estimate of drug-likeness (QED) is 0.335. The zero-order chi connectivity index (χ0) is 16.7. The van der Waals surface area contributed by atoms with Crippen molar-refractivity contribution >= 4 is 22.7 Å². The second-order valence-corrected chi connectivity index (χ2v) is 5.46. The van der Waals surface area contributed by atoms with Crippen LogP contribution in [-0.2, 0) is 6.54 Å². The number of rotatable bonds is 3. The van der Waals surface area contributed by atoms with E-state index in [-0.39, 0.29) is 5.91 Å². The first-order valence-corrected chi connectivity index (χ1v) is 7.37. The zero-order valence-corrected chi connectivity index (χ0v) is 12.6. The Balaban J connectivity index is 1.79. The highest BCUT2D eigenvalue weighted by atomic mass is 16.5. The number of aromatic nitrogens is 1. The number of hydrazine groups is 1. The minimum absolute atomic E-state index is 0.182. The normalized spacial score (nSPS) is 12.8. The van der Waals surface area contributed by atoms with E-state index in [0.717, 1.165) is 16.5 Å². The smallest absolute Gasteiger partial charge is 0.265 e. The molecule has 0 spiro atoms. The monoisotopic (exact) mass is 322 g/mol. The maximum atomic E-state index is 12.3. The van der Waals surface area contributed by atoms with Crippen molar-refractivity contribution in [1.29, 1.82) is 0 Å². The highest BCUT2D eigenvalue weighted by Crippen LogP contribution is 2.35. The zero-order valence-electron chi connectivity index (χ0n) is 12.6. The summed E-state index contributed by atoms with van der Waals surface area (Å²) in [6.45, 7) is 0.488. The predicted molar refractivity (Wildman–Crippen MR) is 87.6 cm³/mol. The summed E-state index contributed by atoms with van der Waals surface area (Å²) in [6, 6.07) is 10.2. The van der Waals surface area contributed by atoms with Gasteiger partial charge in [-0.05, 0) is 35.9 Å². The van der Waals surface area contributed by atoms with Gasteiger partial charge < -0.3 is 15.0 Å². The summed E-state index contributed by atoms with van der Waals surface area (Å²) in [6.07, 6.45) is 1.88. The highest BCUT2D eigenvalue weighted by Gasteiger charge is 2.24. The number of carbonyl (C=O) groups is 2. The van der Waals surface area contributed by atoms with Crippen molar-refractivity contribution in [2.45, 2.75) is 6.54 Å². The fourth-order valence-electron chi connectivity index (χ4n) is 2.90. The standard InChI is InChI=1S/C17H14N4O3/c18-21-16(22)9-2-1-3-11(6-9)24-13-5-4-12-14-10(7-19-12)8-20-17(23)15(13)14/h1-7,19H,8,18H2,(H,20,23)(H,21,22). The summed E-state index contributed by atoms with van der Waals surface area (Å²) in [5.41, 5.74) is 4.84. The number of aromatic amines is 1. The highest BCUT2D eigenvalue weighted by molar-refractivity contribution is 6.11. The van der Waals surface area contributed by atoms with Crippen LogP contribution in [0.5, 0.6) is 11.5 Å². The fraction of sp³-hybridized carbons (Fsp3) is 0.0588. The molecule has 24 heavy (non-hydrogen) atoms. The van der Waals surface area contributed by atoms with Gasteiger partial charge in [-0.25, -0.2) is 5.84 Å². The van der Waals surface area contributed by atoms with Gasteiger partial charge in [0.1, 0.15) is 11.5 Å². The summed E-state index contributed by atoms with van der Waals surface area (Å²) < 4.78 is 5.88. The van der Waals surface area contributed by atoms with Crippen molar-refractivity contribution in [3.8, 4) is 11.5 Å². The molecule has 2 aromatic carbocycles. The second kappa shape index (κ2) is 5.39. The molecule has 2 heterocycles. The van der Waals surface area contributed by atoms with E-state index in [0.29, 0.717) is 29.2 Å². The number of H-pyrrole nitrogens is 1. The number of nitrogens with one attached hydrogen (secondary N) is 3. The van der Waals surface area contributed by atoms with E-state index in [1.807, 2.05) is 12.3 Å². The molecule has 0 radical (unpaired) electrons. The Morgan fingerprint density at radius 1 is 1.25 bits per heavy atom. The van der Waals surface area contributed by atoms with E-state index < -0.39 is 5.91 Å². The number of amides is 2. The molecule has 0 saturated carbocycles. The largest absolute Gasteiger partial charge is 0.456 e. The molecule has 4 rings (SSSR count). The van der Waals surface area contributed by atoms with E-state index >= 15 is 0 Å².